The van der Waals surface area contributed by atoms with Gasteiger partial charge in [-0.3, -0.25) is 19.3 Å². The lowest BCUT2D eigenvalue weighted by Gasteiger charge is -2.40. The number of allylic oxidation sites excluding steroid dienone is 1. The maximum atomic E-state index is 13.0. The summed E-state index contributed by atoms with van der Waals surface area (Å²) >= 11 is 0.809. The van der Waals surface area contributed by atoms with Crippen LogP contribution >= 0.6 is 11.8 Å². The van der Waals surface area contributed by atoms with Gasteiger partial charge >= 0.3 is 0 Å². The molecule has 1 saturated heterocycles. The van der Waals surface area contributed by atoms with Crippen molar-refractivity contribution in [2.45, 2.75) is 26.3 Å². The minimum atomic E-state index is -0.537. The van der Waals surface area contributed by atoms with E-state index in [2.05, 4.69) is 37.1 Å². The number of nitrogens with one attached hydrogen (secondary N) is 1. The molecule has 0 spiro atoms. The number of thioether (sulfide) groups is 1. The highest BCUT2D eigenvalue weighted by molar-refractivity contribution is 8.18. The topological polar surface area (TPSA) is 69.7 Å². The molecule has 4 rings (SSSR count). The van der Waals surface area contributed by atoms with Gasteiger partial charge in [0.1, 0.15) is 12.4 Å². The number of amides is 3. The zero-order valence-electron chi connectivity index (χ0n) is 18.8. The van der Waals surface area contributed by atoms with E-state index in [1.165, 1.54) is 24.3 Å². The van der Waals surface area contributed by atoms with Gasteiger partial charge in [-0.15, -0.1) is 0 Å². The molecule has 0 aromatic heterocycles. The third-order valence-corrected chi connectivity index (χ3v) is 6.75. The van der Waals surface area contributed by atoms with E-state index in [0.717, 1.165) is 39.0 Å². The Labute approximate surface area is 196 Å². The van der Waals surface area contributed by atoms with Crippen LogP contribution in [-0.2, 0) is 9.59 Å². The zero-order valence-corrected chi connectivity index (χ0v) is 19.6. The molecule has 0 aliphatic carbocycles. The van der Waals surface area contributed by atoms with Gasteiger partial charge in [0.2, 0.25) is 5.91 Å². The molecule has 1 N–H and O–H groups in total. The van der Waals surface area contributed by atoms with E-state index in [4.69, 9.17) is 0 Å². The molecule has 0 saturated carbocycles. The minimum Gasteiger partial charge on any atom is -0.366 e. The first-order valence-corrected chi connectivity index (χ1v) is 11.3. The molecule has 1 fully saturated rings. The first-order chi connectivity index (χ1) is 15.5. The molecule has 2 heterocycles. The van der Waals surface area contributed by atoms with Gasteiger partial charge in [-0.25, -0.2) is 4.39 Å². The third kappa shape index (κ3) is 4.57. The Kier molecular flexibility index (Phi) is 5.88. The number of likely N-dealkylation sites (N-methyl/N-ethyl adjacent to an activating group) is 1. The Balaban J connectivity index is 1.51. The molecule has 33 heavy (non-hydrogen) atoms. The smallest absolute Gasteiger partial charge is 0.294 e. The van der Waals surface area contributed by atoms with Crippen LogP contribution in [0, 0.1) is 5.82 Å². The lowest BCUT2D eigenvalue weighted by molar-refractivity contribution is -0.127. The van der Waals surface area contributed by atoms with Gasteiger partial charge in [0.15, 0.2) is 0 Å². The van der Waals surface area contributed by atoms with E-state index >= 15 is 0 Å². The van der Waals surface area contributed by atoms with Crippen LogP contribution < -0.4 is 10.2 Å². The molecular formula is C25H24FN3O3S. The molecule has 170 valence electrons. The van der Waals surface area contributed by atoms with Gasteiger partial charge < -0.3 is 10.2 Å². The lowest BCUT2D eigenvalue weighted by atomic mass is 9.88. The number of nitrogens with zero attached hydrogens (tertiary/aromatic N) is 2. The SMILES string of the molecule is CC1=CC(C)(C)N(C)c2ccc(/C=C3\SC(=O)N(CC(=O)Nc4ccc(F)cc4)C3=O)cc21. The minimum absolute atomic E-state index is 0.101. The first kappa shape index (κ1) is 22.8. The summed E-state index contributed by atoms with van der Waals surface area (Å²) in [5, 5.41) is 2.06. The predicted molar refractivity (Wildman–Crippen MR) is 130 cm³/mol. The highest BCUT2D eigenvalue weighted by Crippen LogP contribution is 2.39. The van der Waals surface area contributed by atoms with Crippen molar-refractivity contribution in [3.63, 3.8) is 0 Å². The monoisotopic (exact) mass is 465 g/mol. The maximum absolute atomic E-state index is 13.0. The summed E-state index contributed by atoms with van der Waals surface area (Å²) in [6.07, 6.45) is 3.88. The third-order valence-electron chi connectivity index (χ3n) is 5.84. The Morgan fingerprint density at radius 2 is 1.85 bits per heavy atom. The van der Waals surface area contributed by atoms with Gasteiger partial charge in [0, 0.05) is 24.0 Å². The number of anilines is 2. The average Bonchev–Trinajstić information content (AvgIpc) is 3.01. The Hall–Kier alpha value is -3.39. The largest absolute Gasteiger partial charge is 0.366 e. The Bertz CT molecular complexity index is 1220. The molecule has 2 aromatic carbocycles. The second-order valence-corrected chi connectivity index (χ2v) is 9.63. The quantitative estimate of drug-likeness (QED) is 0.634. The summed E-state index contributed by atoms with van der Waals surface area (Å²) in [6.45, 7) is 5.95. The van der Waals surface area contributed by atoms with Crippen molar-refractivity contribution in [2.75, 3.05) is 23.8 Å². The molecule has 3 amide bonds. The molecule has 2 aliphatic heterocycles. The highest BCUT2D eigenvalue weighted by Gasteiger charge is 2.36. The van der Waals surface area contributed by atoms with Crippen molar-refractivity contribution in [3.8, 4) is 0 Å². The summed E-state index contributed by atoms with van der Waals surface area (Å²) < 4.78 is 13.0. The molecule has 0 atom stereocenters. The average molecular weight is 466 g/mol. The molecule has 8 heteroatoms. The summed E-state index contributed by atoms with van der Waals surface area (Å²) in [5.41, 5.74) is 4.40. The molecule has 6 nitrogen and oxygen atoms in total. The van der Waals surface area contributed by atoms with E-state index < -0.39 is 29.4 Å². The zero-order chi connectivity index (χ0) is 23.9. The van der Waals surface area contributed by atoms with E-state index in [1.54, 1.807) is 6.08 Å². The number of hydrogen-bond acceptors (Lipinski definition) is 5. The van der Waals surface area contributed by atoms with Crippen LogP contribution in [0.4, 0.5) is 20.6 Å². The standard InChI is InChI=1S/C25H24FN3O3S/c1-15-13-25(2,3)28(4)20-10-5-16(11-19(15)20)12-21-23(31)29(24(32)33-21)14-22(30)27-18-8-6-17(26)7-9-18/h5-13H,14H2,1-4H3,(H,27,30)/b21-12-. The highest BCUT2D eigenvalue weighted by atomic mass is 32.2. The van der Waals surface area contributed by atoms with Crippen molar-refractivity contribution >= 4 is 51.8 Å². The van der Waals surface area contributed by atoms with Crippen LogP contribution in [0.15, 0.2) is 53.4 Å². The van der Waals surface area contributed by atoms with Gasteiger partial charge in [0.25, 0.3) is 11.1 Å². The first-order valence-electron chi connectivity index (χ1n) is 10.4. The molecule has 2 aromatic rings. The molecule has 0 radical (unpaired) electrons. The fourth-order valence-electron chi connectivity index (χ4n) is 3.93. The fourth-order valence-corrected chi connectivity index (χ4v) is 4.77. The van der Waals surface area contributed by atoms with Crippen molar-refractivity contribution < 1.29 is 18.8 Å². The van der Waals surface area contributed by atoms with Gasteiger partial charge in [-0.1, -0.05) is 12.1 Å². The van der Waals surface area contributed by atoms with Crippen LogP contribution in [-0.4, -0.2) is 41.1 Å². The molecule has 2 aliphatic rings. The van der Waals surface area contributed by atoms with E-state index in [1.807, 2.05) is 25.2 Å². The number of rotatable bonds is 4. The summed E-state index contributed by atoms with van der Waals surface area (Å²) in [5.74, 6) is -1.47. The van der Waals surface area contributed by atoms with E-state index in [9.17, 15) is 18.8 Å². The van der Waals surface area contributed by atoms with E-state index in [-0.39, 0.29) is 10.4 Å². The molecular weight excluding hydrogens is 441 g/mol. The van der Waals surface area contributed by atoms with Crippen LogP contribution in [0.1, 0.15) is 31.9 Å². The van der Waals surface area contributed by atoms with Gasteiger partial charge in [-0.05, 0) is 86.1 Å². The Morgan fingerprint density at radius 1 is 1.15 bits per heavy atom. The number of benzene rings is 2. The van der Waals surface area contributed by atoms with Crippen LogP contribution in [0.25, 0.3) is 11.6 Å². The summed E-state index contributed by atoms with van der Waals surface area (Å²) in [7, 11) is 2.05. The van der Waals surface area contributed by atoms with Gasteiger partial charge in [-0.2, -0.15) is 0 Å². The fraction of sp³-hybridized carbons (Fsp3) is 0.240. The molecule has 0 bridgehead atoms. The van der Waals surface area contributed by atoms with Crippen molar-refractivity contribution in [2.24, 2.45) is 0 Å². The van der Waals surface area contributed by atoms with Crippen LogP contribution in [0.5, 0.6) is 0 Å². The number of hydrogen-bond donors (Lipinski definition) is 1. The van der Waals surface area contributed by atoms with Crippen molar-refractivity contribution in [1.29, 1.82) is 0 Å². The van der Waals surface area contributed by atoms with Crippen molar-refractivity contribution in [3.05, 3.63) is 70.4 Å². The normalized spacial score (nSPS) is 18.5. The predicted octanol–water partition coefficient (Wildman–Crippen LogP) is 5.13. The number of carbonyl (C=O) groups excluding carboxylic acids is 3. The number of imide groups is 1. The summed E-state index contributed by atoms with van der Waals surface area (Å²) in [4.78, 5) is 40.9. The summed E-state index contributed by atoms with van der Waals surface area (Å²) in [6, 6.07) is 11.2. The number of fused-ring (bicyclic) bond motifs is 1. The second-order valence-electron chi connectivity index (χ2n) is 8.64. The van der Waals surface area contributed by atoms with Crippen molar-refractivity contribution in [1.82, 2.24) is 4.90 Å². The number of halogens is 1. The van der Waals surface area contributed by atoms with E-state index in [0.29, 0.717) is 5.69 Å². The van der Waals surface area contributed by atoms with Gasteiger partial charge in [0.05, 0.1) is 10.4 Å². The second kappa shape index (κ2) is 8.51. The lowest BCUT2D eigenvalue weighted by Crippen LogP contribution is -2.42. The Morgan fingerprint density at radius 3 is 2.55 bits per heavy atom. The van der Waals surface area contributed by atoms with Crippen LogP contribution in [0.2, 0.25) is 0 Å². The number of carbonyl (C=O) groups is 3. The van der Waals surface area contributed by atoms with Crippen LogP contribution in [0.3, 0.4) is 0 Å². The maximum Gasteiger partial charge on any atom is 0.294 e. The molecule has 0 unspecified atom stereocenters.